The molecule has 5 nitrogen and oxygen atoms in total. The van der Waals surface area contributed by atoms with Crippen molar-refractivity contribution < 1.29 is 9.90 Å². The summed E-state index contributed by atoms with van der Waals surface area (Å²) in [4.78, 5) is 14.2. The van der Waals surface area contributed by atoms with Crippen molar-refractivity contribution >= 4 is 6.03 Å². The van der Waals surface area contributed by atoms with Crippen molar-refractivity contribution in [2.24, 2.45) is 5.92 Å². The number of piperidine rings is 2. The number of nitrogens with zero attached hydrogens (tertiary/aromatic N) is 1. The summed E-state index contributed by atoms with van der Waals surface area (Å²) >= 11 is 0. The van der Waals surface area contributed by atoms with Crippen molar-refractivity contribution in [3.63, 3.8) is 0 Å². The predicted octanol–water partition coefficient (Wildman–Crippen LogP) is 1.71. The summed E-state index contributed by atoms with van der Waals surface area (Å²) in [5, 5.41) is 16.7. The van der Waals surface area contributed by atoms with Crippen LogP contribution in [-0.2, 0) is 0 Å². The predicted molar refractivity (Wildman–Crippen MR) is 84.2 cm³/mol. The molecule has 3 N–H and O–H groups in total. The second-order valence-electron chi connectivity index (χ2n) is 8.23. The molecule has 2 aliphatic heterocycles. The van der Waals surface area contributed by atoms with Gasteiger partial charge in [-0.05, 0) is 52.9 Å². The van der Waals surface area contributed by atoms with E-state index in [0.29, 0.717) is 6.54 Å². The van der Waals surface area contributed by atoms with E-state index >= 15 is 0 Å². The molecule has 2 amide bonds. The first-order chi connectivity index (χ1) is 9.58. The van der Waals surface area contributed by atoms with Crippen LogP contribution in [0.25, 0.3) is 0 Å². The maximum atomic E-state index is 12.4. The third kappa shape index (κ3) is 4.33. The molecular formula is C16H31N3O2. The van der Waals surface area contributed by atoms with Crippen LogP contribution >= 0.6 is 0 Å². The van der Waals surface area contributed by atoms with Gasteiger partial charge in [-0.25, -0.2) is 4.79 Å². The van der Waals surface area contributed by atoms with E-state index in [0.717, 1.165) is 25.8 Å². The lowest BCUT2D eigenvalue weighted by Gasteiger charge is -2.47. The number of likely N-dealkylation sites (tertiary alicyclic amines) is 1. The molecule has 2 fully saturated rings. The lowest BCUT2D eigenvalue weighted by Crippen LogP contribution is -2.63. The smallest absolute Gasteiger partial charge is 0.317 e. The Morgan fingerprint density at radius 3 is 2.33 bits per heavy atom. The molecule has 0 aromatic rings. The Morgan fingerprint density at radius 2 is 1.81 bits per heavy atom. The molecule has 0 aliphatic carbocycles. The fourth-order valence-corrected chi connectivity index (χ4v) is 3.92. The molecule has 0 bridgehead atoms. The van der Waals surface area contributed by atoms with Gasteiger partial charge < -0.3 is 20.6 Å². The van der Waals surface area contributed by atoms with E-state index in [1.807, 2.05) is 6.92 Å². The average molecular weight is 297 g/mol. The molecular weight excluding hydrogens is 266 g/mol. The summed E-state index contributed by atoms with van der Waals surface area (Å²) < 4.78 is 0. The number of amides is 2. The van der Waals surface area contributed by atoms with Crippen LogP contribution in [0.2, 0.25) is 0 Å². The lowest BCUT2D eigenvalue weighted by atomic mass is 9.79. The molecule has 5 heteroatoms. The number of hydrogen-bond acceptors (Lipinski definition) is 3. The molecule has 2 saturated heterocycles. The zero-order chi connectivity index (χ0) is 15.8. The number of β-amino-alcohol motifs (C(OH)–C–C–N with tert-alkyl or cyclic N) is 1. The number of urea groups is 1. The Labute approximate surface area is 128 Å². The highest BCUT2D eigenvalue weighted by atomic mass is 16.3. The number of hydrogen-bond donors (Lipinski definition) is 3. The number of carbonyl (C=O) groups is 1. The van der Waals surface area contributed by atoms with E-state index in [2.05, 4.69) is 38.3 Å². The topological polar surface area (TPSA) is 64.6 Å². The van der Waals surface area contributed by atoms with Crippen molar-refractivity contribution in [3.8, 4) is 0 Å². The third-order valence-corrected chi connectivity index (χ3v) is 4.72. The van der Waals surface area contributed by atoms with E-state index in [1.54, 1.807) is 4.90 Å². The molecule has 2 unspecified atom stereocenters. The molecule has 0 saturated carbocycles. The average Bonchev–Trinajstić information content (AvgIpc) is 2.28. The number of aliphatic hydroxyl groups is 1. The van der Waals surface area contributed by atoms with Crippen molar-refractivity contribution in [1.29, 1.82) is 0 Å². The summed E-state index contributed by atoms with van der Waals surface area (Å²) in [5.74, 6) is 0.283. The molecule has 0 aromatic heterocycles. The Kier molecular flexibility index (Phi) is 4.54. The van der Waals surface area contributed by atoms with Crippen molar-refractivity contribution in [3.05, 3.63) is 0 Å². The first-order valence-electron chi connectivity index (χ1n) is 8.11. The SMILES string of the molecule is CC1CCN(C(=O)NC2CC(C)(C)NC(C)(C)C2)CC1O. The number of aliphatic hydroxyl groups excluding tert-OH is 1. The summed E-state index contributed by atoms with van der Waals surface area (Å²) in [6, 6.07) is 0.152. The Morgan fingerprint density at radius 1 is 1.24 bits per heavy atom. The number of carbonyl (C=O) groups excluding carboxylic acids is 1. The van der Waals surface area contributed by atoms with E-state index < -0.39 is 6.10 Å². The summed E-state index contributed by atoms with van der Waals surface area (Å²) in [7, 11) is 0. The molecule has 2 aliphatic rings. The minimum Gasteiger partial charge on any atom is -0.391 e. The second kappa shape index (κ2) is 5.76. The van der Waals surface area contributed by atoms with Gasteiger partial charge in [0.25, 0.3) is 0 Å². The summed E-state index contributed by atoms with van der Waals surface area (Å²) in [6.45, 7) is 11.9. The minimum atomic E-state index is -0.398. The number of nitrogens with one attached hydrogen (secondary N) is 2. The molecule has 21 heavy (non-hydrogen) atoms. The first kappa shape index (κ1) is 16.6. The van der Waals surface area contributed by atoms with E-state index in [4.69, 9.17) is 0 Å². The van der Waals surface area contributed by atoms with Crippen LogP contribution in [0, 0.1) is 5.92 Å². The highest BCUT2D eigenvalue weighted by Gasteiger charge is 2.39. The fraction of sp³-hybridized carbons (Fsp3) is 0.938. The van der Waals surface area contributed by atoms with Gasteiger partial charge >= 0.3 is 6.03 Å². The molecule has 0 spiro atoms. The van der Waals surface area contributed by atoms with Crippen molar-refractivity contribution in [2.45, 2.75) is 77.1 Å². The fourth-order valence-electron chi connectivity index (χ4n) is 3.92. The van der Waals surface area contributed by atoms with Gasteiger partial charge in [0.2, 0.25) is 0 Å². The van der Waals surface area contributed by atoms with Crippen LogP contribution in [0.4, 0.5) is 4.79 Å². The van der Waals surface area contributed by atoms with Crippen LogP contribution in [0.15, 0.2) is 0 Å². The van der Waals surface area contributed by atoms with Crippen LogP contribution in [0.5, 0.6) is 0 Å². The molecule has 122 valence electrons. The van der Waals surface area contributed by atoms with Gasteiger partial charge in [-0.2, -0.15) is 0 Å². The Bertz CT molecular complexity index is 379. The summed E-state index contributed by atoms with van der Waals surface area (Å²) in [6.07, 6.45) is 2.33. The largest absolute Gasteiger partial charge is 0.391 e. The van der Waals surface area contributed by atoms with Gasteiger partial charge in [-0.15, -0.1) is 0 Å². The van der Waals surface area contributed by atoms with Gasteiger partial charge in [-0.3, -0.25) is 0 Å². The third-order valence-electron chi connectivity index (χ3n) is 4.72. The van der Waals surface area contributed by atoms with Gasteiger partial charge in [0.05, 0.1) is 6.10 Å². The quantitative estimate of drug-likeness (QED) is 0.690. The van der Waals surface area contributed by atoms with E-state index in [1.165, 1.54) is 0 Å². The van der Waals surface area contributed by atoms with E-state index in [-0.39, 0.29) is 29.1 Å². The molecule has 0 radical (unpaired) electrons. The monoisotopic (exact) mass is 297 g/mol. The second-order valence-corrected chi connectivity index (χ2v) is 8.23. The number of rotatable bonds is 1. The molecule has 2 atom stereocenters. The first-order valence-corrected chi connectivity index (χ1v) is 8.11. The van der Waals surface area contributed by atoms with Crippen LogP contribution in [0.1, 0.15) is 53.9 Å². The molecule has 2 rings (SSSR count). The van der Waals surface area contributed by atoms with Gasteiger partial charge in [0.15, 0.2) is 0 Å². The van der Waals surface area contributed by atoms with Gasteiger partial charge in [0.1, 0.15) is 0 Å². The maximum absolute atomic E-state index is 12.4. The summed E-state index contributed by atoms with van der Waals surface area (Å²) in [5.41, 5.74) is 0.0469. The Hall–Kier alpha value is -0.810. The zero-order valence-electron chi connectivity index (χ0n) is 14.1. The highest BCUT2D eigenvalue weighted by molar-refractivity contribution is 5.74. The van der Waals surface area contributed by atoms with Crippen molar-refractivity contribution in [2.75, 3.05) is 13.1 Å². The van der Waals surface area contributed by atoms with Gasteiger partial charge in [-0.1, -0.05) is 6.92 Å². The zero-order valence-corrected chi connectivity index (χ0v) is 14.1. The van der Waals surface area contributed by atoms with E-state index in [9.17, 15) is 9.90 Å². The molecule has 0 aromatic carbocycles. The van der Waals surface area contributed by atoms with Crippen LogP contribution in [0.3, 0.4) is 0 Å². The van der Waals surface area contributed by atoms with Crippen molar-refractivity contribution in [1.82, 2.24) is 15.5 Å². The normalized spacial score (nSPS) is 32.8. The molecule has 2 heterocycles. The lowest BCUT2D eigenvalue weighted by molar-refractivity contribution is 0.0414. The highest BCUT2D eigenvalue weighted by Crippen LogP contribution is 2.28. The standard InChI is InChI=1S/C16H31N3O2/c1-11-6-7-19(10-13(11)20)14(21)17-12-8-15(2,3)18-16(4,5)9-12/h11-13,18,20H,6-10H2,1-5H3,(H,17,21). The minimum absolute atomic E-state index is 0.0234. The maximum Gasteiger partial charge on any atom is 0.317 e. The van der Waals surface area contributed by atoms with Crippen LogP contribution in [-0.4, -0.2) is 52.4 Å². The van der Waals surface area contributed by atoms with Crippen LogP contribution < -0.4 is 10.6 Å². The Balaban J connectivity index is 1.93. The van der Waals surface area contributed by atoms with Gasteiger partial charge in [0, 0.05) is 30.2 Å².